The highest BCUT2D eigenvalue weighted by atomic mass is 35.5. The summed E-state index contributed by atoms with van der Waals surface area (Å²) in [7, 11) is 0. The number of nitrogens with one attached hydrogen (secondary N) is 1. The van der Waals surface area contributed by atoms with Crippen molar-refractivity contribution in [1.82, 2.24) is 5.32 Å². The molecule has 2 N–H and O–H groups in total. The van der Waals surface area contributed by atoms with Crippen LogP contribution in [0.25, 0.3) is 0 Å². The van der Waals surface area contributed by atoms with Crippen LogP contribution >= 0.6 is 12.4 Å². The molecule has 0 aromatic rings. The van der Waals surface area contributed by atoms with Crippen LogP contribution in [0.5, 0.6) is 0 Å². The standard InChI is InChI=1S/C6H11NO2.ClH/c1-4-2-5(3-7-4)6(8)9;/h4-5,7H,2-3H2,1H3,(H,8,9);1H. The summed E-state index contributed by atoms with van der Waals surface area (Å²) < 4.78 is 0. The lowest BCUT2D eigenvalue weighted by Gasteiger charge is -1.98. The highest BCUT2D eigenvalue weighted by molar-refractivity contribution is 5.85. The van der Waals surface area contributed by atoms with Crippen LogP contribution in [0, 0.1) is 5.92 Å². The van der Waals surface area contributed by atoms with Crippen molar-refractivity contribution < 1.29 is 9.90 Å². The second-order valence-electron chi connectivity index (χ2n) is 2.58. The number of hydrogen-bond donors (Lipinski definition) is 2. The average molecular weight is 166 g/mol. The second-order valence-corrected chi connectivity index (χ2v) is 2.58. The Balaban J connectivity index is 0.000000810. The van der Waals surface area contributed by atoms with Crippen LogP contribution in [0.15, 0.2) is 0 Å². The smallest absolute Gasteiger partial charge is 0.307 e. The number of halogens is 1. The van der Waals surface area contributed by atoms with E-state index in [1.54, 1.807) is 0 Å². The molecule has 0 spiro atoms. The SMILES string of the molecule is CC1CC(C(=O)O)CN1.Cl. The first-order valence-electron chi connectivity index (χ1n) is 3.16. The van der Waals surface area contributed by atoms with Gasteiger partial charge in [-0.3, -0.25) is 4.79 Å². The van der Waals surface area contributed by atoms with Gasteiger partial charge in [0.15, 0.2) is 0 Å². The van der Waals surface area contributed by atoms with E-state index in [0.717, 1.165) is 6.42 Å². The van der Waals surface area contributed by atoms with Crippen LogP contribution in [-0.4, -0.2) is 23.7 Å². The molecule has 4 heteroatoms. The lowest BCUT2D eigenvalue weighted by Crippen LogP contribution is -2.18. The van der Waals surface area contributed by atoms with Gasteiger partial charge in [-0.05, 0) is 13.3 Å². The van der Waals surface area contributed by atoms with Crippen molar-refractivity contribution in [2.45, 2.75) is 19.4 Å². The summed E-state index contributed by atoms with van der Waals surface area (Å²) in [4.78, 5) is 10.3. The largest absolute Gasteiger partial charge is 0.481 e. The van der Waals surface area contributed by atoms with Gasteiger partial charge in [-0.15, -0.1) is 12.4 Å². The first-order valence-corrected chi connectivity index (χ1v) is 3.16. The molecule has 10 heavy (non-hydrogen) atoms. The number of carbonyl (C=O) groups is 1. The normalized spacial score (nSPS) is 31.3. The fraction of sp³-hybridized carbons (Fsp3) is 0.833. The van der Waals surface area contributed by atoms with Gasteiger partial charge in [-0.25, -0.2) is 0 Å². The zero-order chi connectivity index (χ0) is 6.85. The third-order valence-electron chi connectivity index (χ3n) is 1.70. The van der Waals surface area contributed by atoms with E-state index in [2.05, 4.69) is 5.32 Å². The molecule has 2 atom stereocenters. The summed E-state index contributed by atoms with van der Waals surface area (Å²) in [5.41, 5.74) is 0. The number of rotatable bonds is 1. The van der Waals surface area contributed by atoms with Crippen LogP contribution in [0.1, 0.15) is 13.3 Å². The average Bonchev–Trinajstić information content (AvgIpc) is 2.14. The van der Waals surface area contributed by atoms with E-state index in [4.69, 9.17) is 5.11 Å². The fourth-order valence-electron chi connectivity index (χ4n) is 1.13. The lowest BCUT2D eigenvalue weighted by atomic mass is 10.1. The molecule has 0 bridgehead atoms. The van der Waals surface area contributed by atoms with Crippen molar-refractivity contribution in [3.8, 4) is 0 Å². The Morgan fingerprint density at radius 2 is 2.30 bits per heavy atom. The van der Waals surface area contributed by atoms with E-state index in [0.29, 0.717) is 12.6 Å². The summed E-state index contributed by atoms with van der Waals surface area (Å²) in [6.45, 7) is 2.64. The Hall–Kier alpha value is -0.280. The van der Waals surface area contributed by atoms with Crippen molar-refractivity contribution in [3.63, 3.8) is 0 Å². The monoisotopic (exact) mass is 165 g/mol. The van der Waals surface area contributed by atoms with Crippen LogP contribution in [0.4, 0.5) is 0 Å². The van der Waals surface area contributed by atoms with E-state index in [1.807, 2.05) is 6.92 Å². The molecule has 3 nitrogen and oxygen atoms in total. The number of hydrogen-bond acceptors (Lipinski definition) is 2. The van der Waals surface area contributed by atoms with Gasteiger partial charge in [0, 0.05) is 12.6 Å². The molecular weight excluding hydrogens is 154 g/mol. The van der Waals surface area contributed by atoms with Crippen molar-refractivity contribution in [3.05, 3.63) is 0 Å². The van der Waals surface area contributed by atoms with Crippen molar-refractivity contribution in [2.75, 3.05) is 6.54 Å². The fourth-order valence-corrected chi connectivity index (χ4v) is 1.13. The maximum atomic E-state index is 10.3. The predicted molar refractivity (Wildman–Crippen MR) is 40.5 cm³/mol. The maximum absolute atomic E-state index is 10.3. The first kappa shape index (κ1) is 9.72. The number of carboxylic acid groups (broad SMARTS) is 1. The molecule has 0 aromatic carbocycles. The number of carboxylic acids is 1. The summed E-state index contributed by atoms with van der Waals surface area (Å²) in [6, 6.07) is 0.381. The minimum atomic E-state index is -0.674. The number of aliphatic carboxylic acids is 1. The van der Waals surface area contributed by atoms with Gasteiger partial charge in [0.25, 0.3) is 0 Å². The zero-order valence-electron chi connectivity index (χ0n) is 5.83. The Kier molecular flexibility index (Phi) is 3.68. The maximum Gasteiger partial charge on any atom is 0.307 e. The molecule has 2 unspecified atom stereocenters. The first-order chi connectivity index (χ1) is 4.20. The Morgan fingerprint density at radius 1 is 1.70 bits per heavy atom. The molecule has 1 aliphatic heterocycles. The van der Waals surface area contributed by atoms with E-state index in [9.17, 15) is 4.79 Å². The quantitative estimate of drug-likeness (QED) is 0.595. The van der Waals surface area contributed by atoms with Crippen LogP contribution in [-0.2, 0) is 4.79 Å². The van der Waals surface area contributed by atoms with Gasteiger partial charge >= 0.3 is 5.97 Å². The molecule has 0 amide bonds. The third kappa shape index (κ3) is 2.15. The molecule has 0 radical (unpaired) electrons. The molecule has 1 heterocycles. The summed E-state index contributed by atoms with van der Waals surface area (Å²) >= 11 is 0. The Labute approximate surface area is 66.2 Å². The Morgan fingerprint density at radius 3 is 2.50 bits per heavy atom. The second kappa shape index (κ2) is 3.78. The highest BCUT2D eigenvalue weighted by Crippen LogP contribution is 2.12. The molecular formula is C6H12ClNO2. The molecule has 0 saturated carbocycles. The van der Waals surface area contributed by atoms with Crippen molar-refractivity contribution in [2.24, 2.45) is 5.92 Å². The van der Waals surface area contributed by atoms with Crippen molar-refractivity contribution >= 4 is 18.4 Å². The van der Waals surface area contributed by atoms with Crippen LogP contribution in [0.2, 0.25) is 0 Å². The highest BCUT2D eigenvalue weighted by Gasteiger charge is 2.25. The van der Waals surface area contributed by atoms with Crippen LogP contribution in [0.3, 0.4) is 0 Å². The van der Waals surface area contributed by atoms with Crippen molar-refractivity contribution in [1.29, 1.82) is 0 Å². The van der Waals surface area contributed by atoms with E-state index >= 15 is 0 Å². The zero-order valence-corrected chi connectivity index (χ0v) is 6.65. The molecule has 1 aliphatic rings. The minimum absolute atomic E-state index is 0. The lowest BCUT2D eigenvalue weighted by molar-refractivity contribution is -0.141. The van der Waals surface area contributed by atoms with Gasteiger partial charge in [0.2, 0.25) is 0 Å². The van der Waals surface area contributed by atoms with E-state index < -0.39 is 5.97 Å². The van der Waals surface area contributed by atoms with E-state index in [1.165, 1.54) is 0 Å². The molecule has 0 aromatic heterocycles. The van der Waals surface area contributed by atoms with Gasteiger partial charge < -0.3 is 10.4 Å². The van der Waals surface area contributed by atoms with E-state index in [-0.39, 0.29) is 18.3 Å². The van der Waals surface area contributed by atoms with Crippen LogP contribution < -0.4 is 5.32 Å². The topological polar surface area (TPSA) is 49.3 Å². The molecule has 1 fully saturated rings. The summed E-state index contributed by atoms with van der Waals surface area (Å²) in [6.07, 6.45) is 0.773. The molecule has 0 aliphatic carbocycles. The third-order valence-corrected chi connectivity index (χ3v) is 1.70. The minimum Gasteiger partial charge on any atom is -0.481 e. The molecule has 60 valence electrons. The molecule has 1 rings (SSSR count). The van der Waals surface area contributed by atoms with Gasteiger partial charge in [0.1, 0.15) is 0 Å². The van der Waals surface area contributed by atoms with Gasteiger partial charge in [-0.2, -0.15) is 0 Å². The van der Waals surface area contributed by atoms with Gasteiger partial charge in [-0.1, -0.05) is 0 Å². The van der Waals surface area contributed by atoms with Gasteiger partial charge in [0.05, 0.1) is 5.92 Å². The summed E-state index contributed by atoms with van der Waals surface area (Å²) in [5, 5.41) is 11.6. The summed E-state index contributed by atoms with van der Waals surface area (Å²) in [5.74, 6) is -0.827. The predicted octanol–water partition coefficient (Wildman–Crippen LogP) is 0.491. The molecule has 1 saturated heterocycles. The Bertz CT molecular complexity index is 129.